The maximum atomic E-state index is 9.73. The minimum Gasteiger partial charge on any atom is -0.508 e. The highest BCUT2D eigenvalue weighted by Crippen LogP contribution is 2.26. The van der Waals surface area contributed by atoms with Crippen molar-refractivity contribution in [3.05, 3.63) is 53.6 Å². The van der Waals surface area contributed by atoms with Crippen molar-refractivity contribution < 1.29 is 5.11 Å². The van der Waals surface area contributed by atoms with Gasteiger partial charge in [-0.1, -0.05) is 50.2 Å². The molecule has 0 amide bonds. The molecule has 0 fully saturated rings. The Bertz CT molecular complexity index is 524. The minimum atomic E-state index is 0.360. The van der Waals surface area contributed by atoms with Gasteiger partial charge in [0.1, 0.15) is 5.75 Å². The molecule has 2 aromatic rings. The first kappa shape index (κ1) is 12.7. The topological polar surface area (TPSA) is 20.2 Å². The number of benzene rings is 2. The quantitative estimate of drug-likeness (QED) is 0.833. The van der Waals surface area contributed by atoms with Crippen molar-refractivity contribution in [2.45, 2.75) is 27.2 Å². The normalized spacial score (nSPS) is 10.9. The van der Waals surface area contributed by atoms with Gasteiger partial charge < -0.3 is 5.11 Å². The van der Waals surface area contributed by atoms with E-state index in [1.165, 1.54) is 5.56 Å². The van der Waals surface area contributed by atoms with E-state index in [0.717, 1.165) is 23.1 Å². The summed E-state index contributed by atoms with van der Waals surface area (Å²) in [6.45, 7) is 6.36. The lowest BCUT2D eigenvalue weighted by molar-refractivity contribution is 0.471. The number of hydrogen-bond donors (Lipinski definition) is 1. The molecule has 2 rings (SSSR count). The van der Waals surface area contributed by atoms with E-state index < -0.39 is 0 Å². The molecule has 0 saturated heterocycles. The average molecular weight is 240 g/mol. The first-order chi connectivity index (χ1) is 8.56. The van der Waals surface area contributed by atoms with Gasteiger partial charge in [-0.05, 0) is 47.6 Å². The smallest absolute Gasteiger partial charge is 0.119 e. The summed E-state index contributed by atoms with van der Waals surface area (Å²) in [7, 11) is 0. The van der Waals surface area contributed by atoms with Crippen molar-refractivity contribution in [2.24, 2.45) is 5.92 Å². The van der Waals surface area contributed by atoms with E-state index in [2.05, 4.69) is 38.1 Å². The number of rotatable bonds is 3. The van der Waals surface area contributed by atoms with E-state index in [1.54, 1.807) is 0 Å². The van der Waals surface area contributed by atoms with Gasteiger partial charge in [0.25, 0.3) is 0 Å². The van der Waals surface area contributed by atoms with Crippen molar-refractivity contribution in [2.75, 3.05) is 0 Å². The van der Waals surface area contributed by atoms with Crippen LogP contribution in [0, 0.1) is 12.8 Å². The fourth-order valence-electron chi connectivity index (χ4n) is 2.09. The number of phenols is 1. The van der Waals surface area contributed by atoms with Crippen molar-refractivity contribution >= 4 is 0 Å². The SMILES string of the molecule is Cc1ccc(-c2ccc(CC(C)C)cc2)cc1O. The van der Waals surface area contributed by atoms with Gasteiger partial charge in [-0.25, -0.2) is 0 Å². The highest BCUT2D eigenvalue weighted by atomic mass is 16.3. The van der Waals surface area contributed by atoms with E-state index in [4.69, 9.17) is 0 Å². The monoisotopic (exact) mass is 240 g/mol. The van der Waals surface area contributed by atoms with Crippen LogP contribution in [0.3, 0.4) is 0 Å². The summed E-state index contributed by atoms with van der Waals surface area (Å²) in [5.74, 6) is 1.04. The fraction of sp³-hybridized carbons (Fsp3) is 0.294. The maximum Gasteiger partial charge on any atom is 0.119 e. The Morgan fingerprint density at radius 2 is 1.56 bits per heavy atom. The summed E-state index contributed by atoms with van der Waals surface area (Å²) in [6, 6.07) is 14.4. The van der Waals surface area contributed by atoms with Crippen LogP contribution in [0.4, 0.5) is 0 Å². The maximum absolute atomic E-state index is 9.73. The molecule has 0 radical (unpaired) electrons. The summed E-state index contributed by atoms with van der Waals surface area (Å²) < 4.78 is 0. The van der Waals surface area contributed by atoms with Crippen molar-refractivity contribution in [1.29, 1.82) is 0 Å². The van der Waals surface area contributed by atoms with E-state index >= 15 is 0 Å². The van der Waals surface area contributed by atoms with Crippen LogP contribution in [-0.2, 0) is 6.42 Å². The molecule has 0 unspecified atom stereocenters. The first-order valence-electron chi connectivity index (χ1n) is 6.45. The van der Waals surface area contributed by atoms with E-state index in [-0.39, 0.29) is 0 Å². The third kappa shape index (κ3) is 2.92. The van der Waals surface area contributed by atoms with Gasteiger partial charge in [-0.15, -0.1) is 0 Å². The molecular formula is C17H20O. The molecule has 0 heterocycles. The van der Waals surface area contributed by atoms with E-state index in [0.29, 0.717) is 11.7 Å². The zero-order valence-corrected chi connectivity index (χ0v) is 11.3. The van der Waals surface area contributed by atoms with Gasteiger partial charge >= 0.3 is 0 Å². The number of aromatic hydroxyl groups is 1. The number of phenolic OH excluding ortho intramolecular Hbond substituents is 1. The predicted octanol–water partition coefficient (Wildman–Crippen LogP) is 4.57. The Morgan fingerprint density at radius 3 is 2.11 bits per heavy atom. The third-order valence-corrected chi connectivity index (χ3v) is 3.14. The van der Waals surface area contributed by atoms with Gasteiger partial charge in [-0.2, -0.15) is 0 Å². The molecule has 0 aliphatic rings. The van der Waals surface area contributed by atoms with Crippen LogP contribution in [0.5, 0.6) is 5.75 Å². The standard InChI is InChI=1S/C17H20O/c1-12(2)10-14-5-8-15(9-6-14)16-7-4-13(3)17(18)11-16/h4-9,11-12,18H,10H2,1-3H3. The van der Waals surface area contributed by atoms with Gasteiger partial charge in [0.2, 0.25) is 0 Å². The Labute approximate surface area is 109 Å². The molecular weight excluding hydrogens is 220 g/mol. The second-order valence-corrected chi connectivity index (χ2v) is 5.30. The molecule has 0 atom stereocenters. The molecule has 0 saturated carbocycles. The zero-order chi connectivity index (χ0) is 13.1. The zero-order valence-electron chi connectivity index (χ0n) is 11.3. The molecule has 0 bridgehead atoms. The lowest BCUT2D eigenvalue weighted by Crippen LogP contribution is -1.93. The molecule has 1 heteroatoms. The number of aryl methyl sites for hydroxylation is 1. The first-order valence-corrected chi connectivity index (χ1v) is 6.45. The Kier molecular flexibility index (Phi) is 3.71. The number of hydrogen-bond acceptors (Lipinski definition) is 1. The lowest BCUT2D eigenvalue weighted by Gasteiger charge is -2.08. The minimum absolute atomic E-state index is 0.360. The highest BCUT2D eigenvalue weighted by Gasteiger charge is 2.02. The average Bonchev–Trinajstić information content (AvgIpc) is 2.33. The van der Waals surface area contributed by atoms with Crippen LogP contribution < -0.4 is 0 Å². The summed E-state index contributed by atoms with van der Waals surface area (Å²) in [5.41, 5.74) is 4.49. The van der Waals surface area contributed by atoms with Gasteiger partial charge in [0, 0.05) is 0 Å². The van der Waals surface area contributed by atoms with Crippen LogP contribution in [0.2, 0.25) is 0 Å². The van der Waals surface area contributed by atoms with Crippen LogP contribution in [0.25, 0.3) is 11.1 Å². The molecule has 94 valence electrons. The van der Waals surface area contributed by atoms with E-state index in [9.17, 15) is 5.11 Å². The molecule has 18 heavy (non-hydrogen) atoms. The Hall–Kier alpha value is -1.76. The van der Waals surface area contributed by atoms with Crippen LogP contribution >= 0.6 is 0 Å². The molecule has 0 aliphatic heterocycles. The summed E-state index contributed by atoms with van der Waals surface area (Å²) in [4.78, 5) is 0. The van der Waals surface area contributed by atoms with Gasteiger partial charge in [0.15, 0.2) is 0 Å². The van der Waals surface area contributed by atoms with Crippen molar-refractivity contribution in [3.63, 3.8) is 0 Å². The van der Waals surface area contributed by atoms with Crippen molar-refractivity contribution in [1.82, 2.24) is 0 Å². The lowest BCUT2D eigenvalue weighted by atomic mass is 9.98. The molecule has 1 nitrogen and oxygen atoms in total. The molecule has 0 aliphatic carbocycles. The second kappa shape index (κ2) is 5.26. The second-order valence-electron chi connectivity index (χ2n) is 5.30. The summed E-state index contributed by atoms with van der Waals surface area (Å²) in [6.07, 6.45) is 1.11. The van der Waals surface area contributed by atoms with Crippen molar-refractivity contribution in [3.8, 4) is 16.9 Å². The van der Waals surface area contributed by atoms with Gasteiger partial charge in [0.05, 0.1) is 0 Å². The fourth-order valence-corrected chi connectivity index (χ4v) is 2.09. The third-order valence-electron chi connectivity index (χ3n) is 3.14. The molecule has 1 N–H and O–H groups in total. The Balaban J connectivity index is 2.25. The molecule has 0 spiro atoms. The van der Waals surface area contributed by atoms with Gasteiger partial charge in [-0.3, -0.25) is 0 Å². The largest absolute Gasteiger partial charge is 0.508 e. The summed E-state index contributed by atoms with van der Waals surface area (Å²) in [5, 5.41) is 9.73. The van der Waals surface area contributed by atoms with E-state index in [1.807, 2.05) is 25.1 Å². The molecule has 2 aromatic carbocycles. The van der Waals surface area contributed by atoms with Crippen LogP contribution in [0.1, 0.15) is 25.0 Å². The highest BCUT2D eigenvalue weighted by molar-refractivity contribution is 5.66. The Morgan fingerprint density at radius 1 is 0.944 bits per heavy atom. The predicted molar refractivity (Wildman–Crippen MR) is 76.8 cm³/mol. The molecule has 0 aromatic heterocycles. The summed E-state index contributed by atoms with van der Waals surface area (Å²) >= 11 is 0. The van der Waals surface area contributed by atoms with Crippen LogP contribution in [-0.4, -0.2) is 5.11 Å². The van der Waals surface area contributed by atoms with Crippen LogP contribution in [0.15, 0.2) is 42.5 Å².